The van der Waals surface area contributed by atoms with Crippen molar-refractivity contribution in [3.8, 4) is 0 Å². The van der Waals surface area contributed by atoms with Crippen molar-refractivity contribution in [2.45, 2.75) is 38.8 Å². The van der Waals surface area contributed by atoms with Crippen LogP contribution < -0.4 is 0 Å². The van der Waals surface area contributed by atoms with Gasteiger partial charge in [0.05, 0.1) is 19.3 Å². The van der Waals surface area contributed by atoms with Crippen LogP contribution in [0.1, 0.15) is 27.2 Å². The van der Waals surface area contributed by atoms with E-state index in [1.54, 1.807) is 20.8 Å². The van der Waals surface area contributed by atoms with Gasteiger partial charge in [-0.15, -0.1) is 0 Å². The highest BCUT2D eigenvalue weighted by molar-refractivity contribution is 6.32. The summed E-state index contributed by atoms with van der Waals surface area (Å²) in [5, 5.41) is 8.60. The van der Waals surface area contributed by atoms with E-state index in [4.69, 9.17) is 14.6 Å². The Morgan fingerprint density at radius 3 is 2.53 bits per heavy atom. The third-order valence-corrected chi connectivity index (χ3v) is 2.52. The molecule has 0 bridgehead atoms. The highest BCUT2D eigenvalue weighted by Gasteiger charge is 2.33. The first-order chi connectivity index (χ1) is 8.70. The van der Waals surface area contributed by atoms with Crippen LogP contribution in [-0.2, 0) is 19.1 Å². The lowest BCUT2D eigenvalue weighted by atomic mass is 10.1. The topological polar surface area (TPSA) is 93.1 Å². The van der Waals surface area contributed by atoms with Gasteiger partial charge in [0.1, 0.15) is 5.60 Å². The molecule has 0 radical (unpaired) electrons. The summed E-state index contributed by atoms with van der Waals surface area (Å²) < 4.78 is 10.4. The zero-order chi connectivity index (χ0) is 14.6. The van der Waals surface area contributed by atoms with Crippen LogP contribution in [0.2, 0.25) is 0 Å². The Kier molecular flexibility index (Phi) is 4.88. The Morgan fingerprint density at radius 1 is 1.37 bits per heavy atom. The van der Waals surface area contributed by atoms with Gasteiger partial charge in [0.15, 0.2) is 0 Å². The molecule has 1 amide bonds. The highest BCUT2D eigenvalue weighted by Crippen LogP contribution is 2.16. The van der Waals surface area contributed by atoms with Crippen molar-refractivity contribution in [2.75, 3.05) is 19.8 Å². The summed E-state index contributed by atoms with van der Waals surface area (Å²) in [5.74, 6) is -2.45. The summed E-state index contributed by atoms with van der Waals surface area (Å²) in [6, 6.07) is -0.591. The summed E-state index contributed by atoms with van der Waals surface area (Å²) in [5.41, 5.74) is -0.642. The van der Waals surface area contributed by atoms with Gasteiger partial charge in [-0.1, -0.05) is 0 Å². The molecule has 0 spiro atoms. The van der Waals surface area contributed by atoms with Crippen LogP contribution in [-0.4, -0.2) is 59.3 Å². The van der Waals surface area contributed by atoms with Crippen molar-refractivity contribution in [1.29, 1.82) is 0 Å². The summed E-state index contributed by atoms with van der Waals surface area (Å²) in [4.78, 5) is 35.1. The molecule has 0 aromatic carbocycles. The standard InChI is InChI=1S/C12H19NO6/c1-12(2,3)19-11(17)13-4-5-18-7-8(13)6-9(14)10(15)16/h8H,4-7H2,1-3H3,(H,15,16). The molecule has 0 aliphatic carbocycles. The lowest BCUT2D eigenvalue weighted by Gasteiger charge is -2.36. The normalized spacial score (nSPS) is 19.9. The number of hydrogen-bond acceptors (Lipinski definition) is 5. The zero-order valence-electron chi connectivity index (χ0n) is 11.3. The second kappa shape index (κ2) is 6.01. The van der Waals surface area contributed by atoms with E-state index in [9.17, 15) is 14.4 Å². The number of carboxylic acid groups (broad SMARTS) is 1. The van der Waals surface area contributed by atoms with Crippen molar-refractivity contribution in [2.24, 2.45) is 0 Å². The number of nitrogens with zero attached hydrogens (tertiary/aromatic N) is 1. The van der Waals surface area contributed by atoms with Crippen molar-refractivity contribution < 1.29 is 29.0 Å². The minimum absolute atomic E-state index is 0.137. The van der Waals surface area contributed by atoms with E-state index in [1.165, 1.54) is 4.90 Å². The fraction of sp³-hybridized carbons (Fsp3) is 0.750. The van der Waals surface area contributed by atoms with Crippen molar-refractivity contribution in [3.05, 3.63) is 0 Å². The molecule has 1 fully saturated rings. The number of ketones is 1. The number of amides is 1. The SMILES string of the molecule is CC(C)(C)OC(=O)N1CCOCC1CC(=O)C(=O)O. The Balaban J connectivity index is 2.69. The maximum Gasteiger partial charge on any atom is 0.410 e. The molecule has 1 rings (SSSR count). The number of carboxylic acids is 1. The highest BCUT2D eigenvalue weighted by atomic mass is 16.6. The molecule has 7 nitrogen and oxygen atoms in total. The Morgan fingerprint density at radius 2 is 2.00 bits per heavy atom. The minimum Gasteiger partial charge on any atom is -0.476 e. The monoisotopic (exact) mass is 273 g/mol. The molecule has 1 unspecified atom stereocenters. The molecular formula is C12H19NO6. The predicted octanol–water partition coefficient (Wildman–Crippen LogP) is 0.666. The van der Waals surface area contributed by atoms with Crippen molar-refractivity contribution in [3.63, 3.8) is 0 Å². The fourth-order valence-electron chi connectivity index (χ4n) is 1.69. The van der Waals surface area contributed by atoms with Crippen LogP contribution in [0.15, 0.2) is 0 Å². The van der Waals surface area contributed by atoms with Gasteiger partial charge in [0.2, 0.25) is 5.78 Å². The van der Waals surface area contributed by atoms with Crippen LogP contribution in [0.25, 0.3) is 0 Å². The van der Waals surface area contributed by atoms with Crippen molar-refractivity contribution >= 4 is 17.8 Å². The Hall–Kier alpha value is -1.63. The molecule has 1 saturated heterocycles. The fourth-order valence-corrected chi connectivity index (χ4v) is 1.69. The maximum atomic E-state index is 12.0. The predicted molar refractivity (Wildman–Crippen MR) is 64.8 cm³/mol. The second-order valence-electron chi connectivity index (χ2n) is 5.33. The van der Waals surface area contributed by atoms with Gasteiger partial charge >= 0.3 is 12.1 Å². The van der Waals surface area contributed by atoms with Crippen LogP contribution in [0.4, 0.5) is 4.79 Å². The molecule has 0 aromatic rings. The van der Waals surface area contributed by atoms with Gasteiger partial charge < -0.3 is 19.5 Å². The first-order valence-electron chi connectivity index (χ1n) is 6.04. The van der Waals surface area contributed by atoms with E-state index in [-0.39, 0.29) is 19.6 Å². The van der Waals surface area contributed by atoms with E-state index < -0.39 is 29.5 Å². The van der Waals surface area contributed by atoms with Crippen LogP contribution >= 0.6 is 0 Å². The lowest BCUT2D eigenvalue weighted by molar-refractivity contribution is -0.150. The summed E-state index contributed by atoms with van der Waals surface area (Å²) in [6.07, 6.45) is -0.826. The molecule has 1 heterocycles. The minimum atomic E-state index is -1.50. The molecule has 0 saturated carbocycles. The van der Waals surface area contributed by atoms with Gasteiger partial charge in [-0.2, -0.15) is 0 Å². The number of hydrogen-bond donors (Lipinski definition) is 1. The van der Waals surface area contributed by atoms with Gasteiger partial charge in [-0.3, -0.25) is 4.79 Å². The number of rotatable bonds is 3. The average Bonchev–Trinajstić information content (AvgIpc) is 2.27. The molecule has 0 aromatic heterocycles. The number of Topliss-reactive ketones (excluding diaryl/α,β-unsaturated/α-hetero) is 1. The van der Waals surface area contributed by atoms with Crippen LogP contribution in [0, 0.1) is 0 Å². The maximum absolute atomic E-state index is 12.0. The van der Waals surface area contributed by atoms with Gasteiger partial charge in [-0.05, 0) is 20.8 Å². The Labute approximate surface area is 111 Å². The molecule has 7 heteroatoms. The Bertz CT molecular complexity index is 373. The van der Waals surface area contributed by atoms with Crippen molar-refractivity contribution in [1.82, 2.24) is 4.90 Å². The molecule has 1 aliphatic rings. The van der Waals surface area contributed by atoms with Crippen LogP contribution in [0.3, 0.4) is 0 Å². The summed E-state index contributed by atoms with van der Waals surface area (Å²) >= 11 is 0. The number of carbonyl (C=O) groups excluding carboxylic acids is 2. The van der Waals surface area contributed by atoms with E-state index in [1.807, 2.05) is 0 Å². The largest absolute Gasteiger partial charge is 0.476 e. The summed E-state index contributed by atoms with van der Waals surface area (Å²) in [7, 11) is 0. The first-order valence-corrected chi connectivity index (χ1v) is 6.04. The molecule has 1 N–H and O–H groups in total. The zero-order valence-corrected chi connectivity index (χ0v) is 11.3. The number of ether oxygens (including phenoxy) is 2. The smallest absolute Gasteiger partial charge is 0.410 e. The second-order valence-corrected chi connectivity index (χ2v) is 5.33. The first kappa shape index (κ1) is 15.4. The molecule has 1 atom stereocenters. The third-order valence-electron chi connectivity index (χ3n) is 2.52. The number of morpholine rings is 1. The van der Waals surface area contributed by atoms with Crippen LogP contribution in [0.5, 0.6) is 0 Å². The van der Waals surface area contributed by atoms with E-state index in [0.29, 0.717) is 6.61 Å². The molecule has 19 heavy (non-hydrogen) atoms. The van der Waals surface area contributed by atoms with E-state index in [2.05, 4.69) is 0 Å². The molecule has 1 aliphatic heterocycles. The van der Waals surface area contributed by atoms with E-state index >= 15 is 0 Å². The number of aliphatic carboxylic acids is 1. The van der Waals surface area contributed by atoms with Gasteiger partial charge in [0.25, 0.3) is 0 Å². The lowest BCUT2D eigenvalue weighted by Crippen LogP contribution is -2.51. The van der Waals surface area contributed by atoms with Gasteiger partial charge in [-0.25, -0.2) is 9.59 Å². The van der Waals surface area contributed by atoms with E-state index in [0.717, 1.165) is 0 Å². The quantitative estimate of drug-likeness (QED) is 0.759. The van der Waals surface area contributed by atoms with Gasteiger partial charge in [0, 0.05) is 13.0 Å². The number of carbonyl (C=O) groups is 3. The summed E-state index contributed by atoms with van der Waals surface area (Å²) in [6.45, 7) is 5.98. The molecule has 108 valence electrons. The third kappa shape index (κ3) is 4.86. The molecular weight excluding hydrogens is 254 g/mol. The average molecular weight is 273 g/mol.